The maximum Gasteiger partial charge on any atom is 0.249 e. The summed E-state index contributed by atoms with van der Waals surface area (Å²) >= 11 is 0. The summed E-state index contributed by atoms with van der Waals surface area (Å²) in [7, 11) is 0. The fourth-order valence-corrected chi connectivity index (χ4v) is 4.21. The molecule has 5 rings (SSSR count). The molecular formula is C27H20N4O2. The Balaban J connectivity index is 1.58. The molecule has 1 atom stereocenters. The van der Waals surface area contributed by atoms with Gasteiger partial charge in [0.1, 0.15) is 5.69 Å². The Morgan fingerprint density at radius 2 is 1.73 bits per heavy atom. The van der Waals surface area contributed by atoms with Crippen LogP contribution in [0.4, 0.5) is 5.69 Å². The second kappa shape index (κ2) is 8.21. The normalized spacial score (nSPS) is 12.4. The molecule has 1 unspecified atom stereocenters. The van der Waals surface area contributed by atoms with Gasteiger partial charge < -0.3 is 5.32 Å². The Bertz CT molecular complexity index is 1420. The lowest BCUT2D eigenvalue weighted by atomic mass is 9.98. The summed E-state index contributed by atoms with van der Waals surface area (Å²) in [6, 6.07) is 26.4. The zero-order valence-corrected chi connectivity index (χ0v) is 17.9. The van der Waals surface area contributed by atoms with Crippen molar-refractivity contribution in [2.24, 2.45) is 5.92 Å². The van der Waals surface area contributed by atoms with Crippen LogP contribution in [0, 0.1) is 24.2 Å². The van der Waals surface area contributed by atoms with Gasteiger partial charge in [-0.1, -0.05) is 54.1 Å². The number of Topliss-reactive ketones (excluding diaryl/α,β-unsaturated/α-hetero) is 1. The Labute approximate surface area is 191 Å². The standard InChI is InChI=1S/C27H20N4O2/c1-17-12-13-18-15-22-24(26(32)23(16-28)27(33)29-19-8-4-2-5-9-19)30-31(25(22)21(18)14-17)20-10-6-3-7-11-20/h2-14,23H,15H2,1H3,(H,29,33). The van der Waals surface area contributed by atoms with Crippen LogP contribution in [-0.4, -0.2) is 21.5 Å². The van der Waals surface area contributed by atoms with Crippen molar-refractivity contribution >= 4 is 17.4 Å². The number of amides is 1. The predicted octanol–water partition coefficient (Wildman–Crippen LogP) is 4.71. The first-order chi connectivity index (χ1) is 16.1. The van der Waals surface area contributed by atoms with E-state index in [9.17, 15) is 14.9 Å². The van der Waals surface area contributed by atoms with Gasteiger partial charge in [-0.05, 0) is 42.8 Å². The molecule has 6 heteroatoms. The number of nitriles is 1. The van der Waals surface area contributed by atoms with Gasteiger partial charge in [0.25, 0.3) is 0 Å². The van der Waals surface area contributed by atoms with E-state index in [2.05, 4.69) is 22.5 Å². The number of benzene rings is 3. The van der Waals surface area contributed by atoms with Crippen LogP contribution >= 0.6 is 0 Å². The number of hydrogen-bond donors (Lipinski definition) is 1. The summed E-state index contributed by atoms with van der Waals surface area (Å²) in [5.74, 6) is -2.76. The summed E-state index contributed by atoms with van der Waals surface area (Å²) in [5.41, 5.74) is 6.30. The number of hydrogen-bond acceptors (Lipinski definition) is 4. The van der Waals surface area contributed by atoms with Gasteiger partial charge in [-0.15, -0.1) is 0 Å². The molecule has 0 spiro atoms. The third-order valence-electron chi connectivity index (χ3n) is 5.80. The lowest BCUT2D eigenvalue weighted by molar-refractivity contribution is -0.117. The number of fused-ring (bicyclic) bond motifs is 3. The molecule has 1 N–H and O–H groups in total. The van der Waals surface area contributed by atoms with E-state index < -0.39 is 17.6 Å². The fraction of sp³-hybridized carbons (Fsp3) is 0.111. The van der Waals surface area contributed by atoms with Crippen molar-refractivity contribution in [2.75, 3.05) is 5.32 Å². The van der Waals surface area contributed by atoms with E-state index in [1.165, 1.54) is 0 Å². The number of aryl methyl sites for hydroxylation is 1. The van der Waals surface area contributed by atoms with Crippen molar-refractivity contribution in [3.8, 4) is 23.0 Å². The molecule has 6 nitrogen and oxygen atoms in total. The molecule has 0 fully saturated rings. The largest absolute Gasteiger partial charge is 0.325 e. The molecule has 1 aliphatic rings. The van der Waals surface area contributed by atoms with Gasteiger partial charge in [-0.25, -0.2) is 4.68 Å². The molecule has 160 valence electrons. The minimum absolute atomic E-state index is 0.164. The van der Waals surface area contributed by atoms with Crippen molar-refractivity contribution in [1.82, 2.24) is 9.78 Å². The number of carbonyl (C=O) groups is 2. The first-order valence-electron chi connectivity index (χ1n) is 10.6. The number of para-hydroxylation sites is 2. The van der Waals surface area contributed by atoms with Crippen molar-refractivity contribution < 1.29 is 9.59 Å². The van der Waals surface area contributed by atoms with Crippen LogP contribution in [0.1, 0.15) is 27.2 Å². The number of aromatic nitrogens is 2. The second-order valence-electron chi connectivity index (χ2n) is 8.04. The van der Waals surface area contributed by atoms with Crippen LogP contribution in [0.25, 0.3) is 16.9 Å². The number of anilines is 1. The third-order valence-corrected chi connectivity index (χ3v) is 5.80. The first kappa shape index (κ1) is 20.4. The molecule has 0 saturated carbocycles. The van der Waals surface area contributed by atoms with E-state index in [0.717, 1.165) is 33.6 Å². The van der Waals surface area contributed by atoms with Crippen LogP contribution in [0.2, 0.25) is 0 Å². The van der Waals surface area contributed by atoms with Crippen LogP contribution in [0.15, 0.2) is 78.9 Å². The van der Waals surface area contributed by atoms with Crippen LogP contribution in [0.5, 0.6) is 0 Å². The molecule has 0 aliphatic heterocycles. The SMILES string of the molecule is Cc1ccc2c(c1)-c1c(c(C(=O)C(C#N)C(=O)Nc3ccccc3)nn1-c1ccccc1)C2. The molecular weight excluding hydrogens is 412 g/mol. The molecule has 1 heterocycles. The molecule has 33 heavy (non-hydrogen) atoms. The van der Waals surface area contributed by atoms with Gasteiger partial charge in [0.15, 0.2) is 5.92 Å². The average molecular weight is 432 g/mol. The Morgan fingerprint density at radius 1 is 1.03 bits per heavy atom. The van der Waals surface area contributed by atoms with Gasteiger partial charge in [0.2, 0.25) is 11.7 Å². The van der Waals surface area contributed by atoms with Crippen LogP contribution in [-0.2, 0) is 11.2 Å². The summed E-state index contributed by atoms with van der Waals surface area (Å²) < 4.78 is 1.75. The summed E-state index contributed by atoms with van der Waals surface area (Å²) in [6.07, 6.45) is 0.525. The van der Waals surface area contributed by atoms with E-state index in [4.69, 9.17) is 0 Å². The highest BCUT2D eigenvalue weighted by molar-refractivity contribution is 6.16. The maximum atomic E-state index is 13.5. The Kier molecular flexibility index (Phi) is 5.08. The molecule has 1 amide bonds. The van der Waals surface area contributed by atoms with Crippen molar-refractivity contribution in [1.29, 1.82) is 5.26 Å². The van der Waals surface area contributed by atoms with Gasteiger partial charge in [-0.2, -0.15) is 10.4 Å². The Hall–Kier alpha value is -4.50. The van der Waals surface area contributed by atoms with Crippen molar-refractivity contribution in [2.45, 2.75) is 13.3 Å². The van der Waals surface area contributed by atoms with E-state index in [-0.39, 0.29) is 5.69 Å². The second-order valence-corrected chi connectivity index (χ2v) is 8.04. The quantitative estimate of drug-likeness (QED) is 0.322. The van der Waals surface area contributed by atoms with E-state index >= 15 is 0 Å². The Morgan fingerprint density at radius 3 is 2.42 bits per heavy atom. The molecule has 3 aromatic carbocycles. The monoisotopic (exact) mass is 432 g/mol. The molecule has 0 bridgehead atoms. The molecule has 0 radical (unpaired) electrons. The third kappa shape index (κ3) is 3.60. The summed E-state index contributed by atoms with van der Waals surface area (Å²) in [5, 5.41) is 17.0. The van der Waals surface area contributed by atoms with Crippen molar-refractivity contribution in [3.05, 3.63) is 101 Å². The van der Waals surface area contributed by atoms with Crippen molar-refractivity contribution in [3.63, 3.8) is 0 Å². The molecule has 1 aromatic heterocycles. The first-order valence-corrected chi connectivity index (χ1v) is 10.6. The van der Waals surface area contributed by atoms with E-state index in [1.54, 1.807) is 28.9 Å². The zero-order valence-electron chi connectivity index (χ0n) is 17.9. The minimum atomic E-state index is -1.50. The van der Waals surface area contributed by atoms with E-state index in [1.807, 2.05) is 55.5 Å². The number of nitrogens with one attached hydrogen (secondary N) is 1. The summed E-state index contributed by atoms with van der Waals surface area (Å²) in [6.45, 7) is 2.02. The number of carbonyl (C=O) groups excluding carboxylic acids is 2. The fourth-order valence-electron chi connectivity index (χ4n) is 4.21. The van der Waals surface area contributed by atoms with Gasteiger partial charge in [0.05, 0.1) is 17.5 Å². The lowest BCUT2D eigenvalue weighted by Crippen LogP contribution is -2.29. The minimum Gasteiger partial charge on any atom is -0.325 e. The molecule has 0 saturated heterocycles. The number of ketones is 1. The number of nitrogens with zero attached hydrogens (tertiary/aromatic N) is 3. The van der Waals surface area contributed by atoms with Crippen LogP contribution < -0.4 is 5.32 Å². The van der Waals surface area contributed by atoms with E-state index in [0.29, 0.717) is 12.1 Å². The predicted molar refractivity (Wildman–Crippen MR) is 125 cm³/mol. The summed E-state index contributed by atoms with van der Waals surface area (Å²) in [4.78, 5) is 26.3. The topological polar surface area (TPSA) is 87.8 Å². The smallest absolute Gasteiger partial charge is 0.249 e. The zero-order chi connectivity index (χ0) is 22.9. The van der Waals surface area contributed by atoms with Gasteiger partial charge >= 0.3 is 0 Å². The maximum absolute atomic E-state index is 13.5. The molecule has 4 aromatic rings. The number of rotatable bonds is 5. The van der Waals surface area contributed by atoms with Crippen LogP contribution in [0.3, 0.4) is 0 Å². The van der Waals surface area contributed by atoms with Gasteiger partial charge in [-0.3, -0.25) is 9.59 Å². The molecule has 1 aliphatic carbocycles. The van der Waals surface area contributed by atoms with Gasteiger partial charge in [0, 0.05) is 23.2 Å². The highest BCUT2D eigenvalue weighted by Crippen LogP contribution is 2.40. The highest BCUT2D eigenvalue weighted by atomic mass is 16.2. The lowest BCUT2D eigenvalue weighted by Gasteiger charge is -2.10. The highest BCUT2D eigenvalue weighted by Gasteiger charge is 2.36. The average Bonchev–Trinajstić information content (AvgIpc) is 3.38.